The number of benzene rings is 1. The van der Waals surface area contributed by atoms with Crippen molar-refractivity contribution in [3.63, 3.8) is 0 Å². The summed E-state index contributed by atoms with van der Waals surface area (Å²) in [5.41, 5.74) is 0.160. The number of phenols is 2. The van der Waals surface area contributed by atoms with Crippen molar-refractivity contribution in [3.8, 4) is 11.5 Å². The van der Waals surface area contributed by atoms with E-state index in [0.29, 0.717) is 5.56 Å². The van der Waals surface area contributed by atoms with E-state index in [1.165, 1.54) is 38.4 Å². The number of hydrogen-bond donors (Lipinski definition) is 2. The smallest absolute Gasteiger partial charge is 0.333 e. The molecule has 0 bridgehead atoms. The van der Waals surface area contributed by atoms with Gasteiger partial charge in [-0.15, -0.1) is 0 Å². The van der Waals surface area contributed by atoms with Crippen molar-refractivity contribution >= 4 is 23.9 Å². The molecular formula is C13H12N2O5. The van der Waals surface area contributed by atoms with Gasteiger partial charge in [-0.05, 0) is 23.8 Å². The van der Waals surface area contributed by atoms with Crippen LogP contribution in [-0.2, 0) is 9.59 Å². The van der Waals surface area contributed by atoms with E-state index in [-0.39, 0.29) is 17.1 Å². The lowest BCUT2D eigenvalue weighted by Gasteiger charge is -2.28. The van der Waals surface area contributed by atoms with Crippen LogP contribution in [0.3, 0.4) is 0 Å². The Morgan fingerprint density at radius 3 is 2.00 bits per heavy atom. The highest BCUT2D eigenvalue weighted by molar-refractivity contribution is 6.30. The first kappa shape index (κ1) is 13.6. The molecule has 2 rings (SSSR count). The molecular weight excluding hydrogens is 264 g/mol. The average Bonchev–Trinajstić information content (AvgIpc) is 2.43. The second kappa shape index (κ2) is 4.69. The van der Waals surface area contributed by atoms with Crippen LogP contribution in [0.25, 0.3) is 6.08 Å². The van der Waals surface area contributed by atoms with Crippen molar-refractivity contribution < 1.29 is 24.6 Å². The van der Waals surface area contributed by atoms with Crippen molar-refractivity contribution in [2.24, 2.45) is 0 Å². The van der Waals surface area contributed by atoms with Crippen molar-refractivity contribution in [1.82, 2.24) is 9.80 Å². The lowest BCUT2D eigenvalue weighted by Crippen LogP contribution is -2.52. The van der Waals surface area contributed by atoms with Crippen molar-refractivity contribution in [3.05, 3.63) is 29.3 Å². The Morgan fingerprint density at radius 2 is 1.50 bits per heavy atom. The minimum atomic E-state index is -0.717. The fraction of sp³-hybridized carbons (Fsp3) is 0.154. The van der Waals surface area contributed by atoms with Crippen molar-refractivity contribution in [2.75, 3.05) is 14.1 Å². The van der Waals surface area contributed by atoms with E-state index in [1.54, 1.807) is 0 Å². The highest BCUT2D eigenvalue weighted by Gasteiger charge is 2.37. The van der Waals surface area contributed by atoms with Gasteiger partial charge >= 0.3 is 6.03 Å². The standard InChI is InChI=1S/C13H12N2O5/c1-14-11(18)8(12(19)15(2)13(14)20)5-7-3-4-9(16)10(17)6-7/h3-6,16-17H,1-2H3. The molecule has 0 aromatic heterocycles. The minimum Gasteiger partial charge on any atom is -0.504 e. The van der Waals surface area contributed by atoms with Crippen molar-refractivity contribution in [1.29, 1.82) is 0 Å². The highest BCUT2D eigenvalue weighted by atomic mass is 16.3. The molecule has 2 N–H and O–H groups in total. The average molecular weight is 276 g/mol. The zero-order valence-corrected chi connectivity index (χ0v) is 10.8. The van der Waals surface area contributed by atoms with E-state index in [1.807, 2.05) is 0 Å². The van der Waals surface area contributed by atoms with E-state index in [4.69, 9.17) is 0 Å². The lowest BCUT2D eigenvalue weighted by molar-refractivity contribution is -0.134. The molecule has 0 atom stereocenters. The van der Waals surface area contributed by atoms with Gasteiger partial charge in [0.1, 0.15) is 5.57 Å². The van der Waals surface area contributed by atoms with Gasteiger partial charge in [0.2, 0.25) is 0 Å². The van der Waals surface area contributed by atoms with Crippen LogP contribution in [0, 0.1) is 0 Å². The molecule has 104 valence electrons. The molecule has 0 unspecified atom stereocenters. The number of aromatic hydroxyl groups is 2. The molecule has 0 saturated carbocycles. The Labute approximate surface area is 114 Å². The molecule has 0 radical (unpaired) electrons. The van der Waals surface area contributed by atoms with Crippen LogP contribution < -0.4 is 0 Å². The monoisotopic (exact) mass is 276 g/mol. The molecule has 7 heteroatoms. The summed E-state index contributed by atoms with van der Waals surface area (Å²) in [6.07, 6.45) is 1.25. The molecule has 1 heterocycles. The molecule has 1 saturated heterocycles. The molecule has 1 fully saturated rings. The van der Waals surface area contributed by atoms with E-state index in [0.717, 1.165) is 9.80 Å². The van der Waals surface area contributed by atoms with Crippen LogP contribution in [0.5, 0.6) is 11.5 Å². The molecule has 1 aromatic carbocycles. The maximum absolute atomic E-state index is 11.9. The molecule has 0 aliphatic carbocycles. The summed E-state index contributed by atoms with van der Waals surface area (Å²) < 4.78 is 0. The van der Waals surface area contributed by atoms with Gasteiger partial charge in [-0.1, -0.05) is 6.07 Å². The van der Waals surface area contributed by atoms with Gasteiger partial charge in [-0.25, -0.2) is 4.79 Å². The summed E-state index contributed by atoms with van der Waals surface area (Å²) in [6.45, 7) is 0. The van der Waals surface area contributed by atoms with Gasteiger partial charge < -0.3 is 10.2 Å². The number of imide groups is 2. The van der Waals surface area contributed by atoms with Gasteiger partial charge in [0.05, 0.1) is 0 Å². The Kier molecular flexibility index (Phi) is 3.19. The SMILES string of the molecule is CN1C(=O)C(=Cc2ccc(O)c(O)c2)C(=O)N(C)C1=O. The number of hydrogen-bond acceptors (Lipinski definition) is 5. The van der Waals surface area contributed by atoms with E-state index in [9.17, 15) is 24.6 Å². The Bertz CT molecular complexity index is 624. The zero-order chi connectivity index (χ0) is 15.0. The third kappa shape index (κ3) is 2.09. The van der Waals surface area contributed by atoms with Crippen molar-refractivity contribution in [2.45, 2.75) is 0 Å². The summed E-state index contributed by atoms with van der Waals surface area (Å²) in [5.74, 6) is -2.11. The predicted octanol–water partition coefficient (Wildman–Crippen LogP) is 0.532. The molecule has 20 heavy (non-hydrogen) atoms. The Balaban J connectivity index is 2.46. The van der Waals surface area contributed by atoms with E-state index < -0.39 is 17.8 Å². The topological polar surface area (TPSA) is 98.2 Å². The summed E-state index contributed by atoms with van der Waals surface area (Å²) in [6, 6.07) is 3.17. The Morgan fingerprint density at radius 1 is 0.950 bits per heavy atom. The van der Waals surface area contributed by atoms with Gasteiger partial charge in [-0.2, -0.15) is 0 Å². The number of amides is 4. The zero-order valence-electron chi connectivity index (χ0n) is 10.8. The van der Waals surface area contributed by atoms with Crippen LogP contribution in [0.4, 0.5) is 4.79 Å². The second-order valence-electron chi connectivity index (χ2n) is 4.32. The third-order valence-electron chi connectivity index (χ3n) is 2.95. The number of nitrogens with zero attached hydrogens (tertiary/aromatic N) is 2. The second-order valence-corrected chi connectivity index (χ2v) is 4.32. The summed E-state index contributed by atoms with van der Waals surface area (Å²) in [4.78, 5) is 37.1. The molecule has 1 aliphatic rings. The lowest BCUT2D eigenvalue weighted by atomic mass is 10.1. The number of carbonyl (C=O) groups excluding carboxylic acids is 3. The van der Waals surface area contributed by atoms with Crippen LogP contribution >= 0.6 is 0 Å². The number of likely N-dealkylation sites (N-methyl/N-ethyl adjacent to an activating group) is 2. The van der Waals surface area contributed by atoms with Gasteiger partial charge in [0.15, 0.2) is 11.5 Å². The molecule has 1 aliphatic heterocycles. The van der Waals surface area contributed by atoms with Crippen LogP contribution in [-0.4, -0.2) is 52.0 Å². The number of barbiturate groups is 1. The maximum Gasteiger partial charge on any atom is 0.333 e. The fourth-order valence-electron chi connectivity index (χ4n) is 1.77. The number of carbonyl (C=O) groups is 3. The molecule has 4 amide bonds. The molecule has 1 aromatic rings. The number of urea groups is 1. The largest absolute Gasteiger partial charge is 0.504 e. The first-order valence-electron chi connectivity index (χ1n) is 5.66. The normalized spacial score (nSPS) is 15.9. The maximum atomic E-state index is 11.9. The first-order valence-corrected chi connectivity index (χ1v) is 5.66. The summed E-state index contributed by atoms with van der Waals surface area (Å²) >= 11 is 0. The highest BCUT2D eigenvalue weighted by Crippen LogP contribution is 2.27. The molecule has 7 nitrogen and oxygen atoms in total. The fourth-order valence-corrected chi connectivity index (χ4v) is 1.77. The first-order chi connectivity index (χ1) is 9.32. The van der Waals surface area contributed by atoms with Gasteiger partial charge in [0, 0.05) is 14.1 Å². The van der Waals surface area contributed by atoms with Crippen LogP contribution in [0.2, 0.25) is 0 Å². The number of phenolic OH excluding ortho intramolecular Hbond substituents is 2. The quantitative estimate of drug-likeness (QED) is 0.443. The predicted molar refractivity (Wildman–Crippen MR) is 68.7 cm³/mol. The summed E-state index contributed by atoms with van der Waals surface area (Å²) in [7, 11) is 2.55. The van der Waals surface area contributed by atoms with E-state index >= 15 is 0 Å². The van der Waals surface area contributed by atoms with E-state index in [2.05, 4.69) is 0 Å². The molecule has 0 spiro atoms. The van der Waals surface area contributed by atoms with Crippen LogP contribution in [0.1, 0.15) is 5.56 Å². The number of rotatable bonds is 1. The van der Waals surface area contributed by atoms with Gasteiger partial charge in [-0.3, -0.25) is 19.4 Å². The Hall–Kier alpha value is -2.83. The minimum absolute atomic E-state index is 0.195. The van der Waals surface area contributed by atoms with Crippen LogP contribution in [0.15, 0.2) is 23.8 Å². The van der Waals surface area contributed by atoms with Gasteiger partial charge in [0.25, 0.3) is 11.8 Å². The third-order valence-corrected chi connectivity index (χ3v) is 2.95. The summed E-state index contributed by atoms with van der Waals surface area (Å²) in [5, 5.41) is 18.6.